The summed E-state index contributed by atoms with van der Waals surface area (Å²) in [6.07, 6.45) is 4.96. The molecule has 0 aliphatic heterocycles. The minimum atomic E-state index is 0.510. The van der Waals surface area contributed by atoms with Crippen LogP contribution in [0.2, 0.25) is 5.02 Å². The zero-order valence-electron chi connectivity index (χ0n) is 14.0. The van der Waals surface area contributed by atoms with Crippen LogP contribution in [0, 0.1) is 6.92 Å². The maximum Gasteiger partial charge on any atom is 0.365 e. The van der Waals surface area contributed by atoms with E-state index in [2.05, 4.69) is 35.2 Å². The highest BCUT2D eigenvalue weighted by Gasteiger charge is 2.16. The number of hydrogen-bond acceptors (Lipinski definition) is 6. The molecule has 8 nitrogen and oxygen atoms in total. The van der Waals surface area contributed by atoms with Crippen LogP contribution >= 0.6 is 11.6 Å². The number of imidazole rings is 1. The number of ether oxygens (including phenoxy) is 1. The van der Waals surface area contributed by atoms with E-state index in [1.165, 1.54) is 0 Å². The fourth-order valence-electron chi connectivity index (χ4n) is 2.61. The van der Waals surface area contributed by atoms with Gasteiger partial charge < -0.3 is 15.0 Å². The average molecular weight is 369 g/mol. The smallest absolute Gasteiger partial charge is 0.365 e. The highest BCUT2D eigenvalue weighted by molar-refractivity contribution is 6.30. The van der Waals surface area contributed by atoms with Gasteiger partial charge in [-0.25, -0.2) is 19.9 Å². The number of aromatic nitrogens is 6. The Morgan fingerprint density at radius 3 is 2.88 bits per heavy atom. The molecular formula is C17H15ClN7O+. The van der Waals surface area contributed by atoms with E-state index in [0.29, 0.717) is 33.9 Å². The maximum absolute atomic E-state index is 6.19. The van der Waals surface area contributed by atoms with Gasteiger partial charge >= 0.3 is 5.88 Å². The third-order valence-electron chi connectivity index (χ3n) is 3.77. The van der Waals surface area contributed by atoms with Crippen LogP contribution in [0.3, 0.4) is 0 Å². The molecule has 0 amide bonds. The van der Waals surface area contributed by atoms with Gasteiger partial charge in [0.1, 0.15) is 28.5 Å². The average Bonchev–Trinajstić information content (AvgIpc) is 3.11. The monoisotopic (exact) mass is 368 g/mol. The molecule has 0 saturated carbocycles. The van der Waals surface area contributed by atoms with Crippen LogP contribution in [0.5, 0.6) is 5.88 Å². The predicted octanol–water partition coefficient (Wildman–Crippen LogP) is 2.94. The van der Waals surface area contributed by atoms with E-state index in [4.69, 9.17) is 16.3 Å². The standard InChI is InChI=1S/C17H14ClN7O/c1-9-23-14(15-17(24-9)22-8-21-15)12-5-10(18)6-20-16(12)25-11-3-4-13(26-2)19-7-11/h3-8H,1-2H3,(H,20,25)(H,21,22,23,24)/p+1. The van der Waals surface area contributed by atoms with E-state index < -0.39 is 0 Å². The van der Waals surface area contributed by atoms with E-state index in [-0.39, 0.29) is 0 Å². The zero-order valence-corrected chi connectivity index (χ0v) is 14.8. The largest absolute Gasteiger partial charge is 0.448 e. The molecule has 0 unspecified atom stereocenters. The Labute approximate surface area is 153 Å². The summed E-state index contributed by atoms with van der Waals surface area (Å²) in [5, 5.41) is 3.78. The number of pyridine rings is 2. The number of H-pyrrole nitrogens is 2. The summed E-state index contributed by atoms with van der Waals surface area (Å²) in [5.41, 5.74) is 3.56. The molecule has 4 aromatic heterocycles. The van der Waals surface area contributed by atoms with Gasteiger partial charge in [0.25, 0.3) is 0 Å². The van der Waals surface area contributed by atoms with Crippen molar-refractivity contribution in [3.8, 4) is 17.1 Å². The first kappa shape index (κ1) is 16.2. The lowest BCUT2D eigenvalue weighted by molar-refractivity contribution is -0.392. The van der Waals surface area contributed by atoms with Crippen molar-refractivity contribution >= 4 is 34.3 Å². The first-order valence-corrected chi connectivity index (χ1v) is 8.18. The summed E-state index contributed by atoms with van der Waals surface area (Å²) in [4.78, 5) is 23.7. The van der Waals surface area contributed by atoms with Crippen molar-refractivity contribution < 1.29 is 9.72 Å². The third-order valence-corrected chi connectivity index (χ3v) is 3.98. The molecule has 130 valence electrons. The number of aromatic amines is 2. The van der Waals surface area contributed by atoms with Crippen molar-refractivity contribution in [3.05, 3.63) is 47.8 Å². The van der Waals surface area contributed by atoms with E-state index in [0.717, 1.165) is 16.8 Å². The molecule has 4 rings (SSSR count). The first-order valence-electron chi connectivity index (χ1n) is 7.80. The predicted molar refractivity (Wildman–Crippen MR) is 97.5 cm³/mol. The normalized spacial score (nSPS) is 10.9. The van der Waals surface area contributed by atoms with Gasteiger partial charge in [-0.1, -0.05) is 11.6 Å². The van der Waals surface area contributed by atoms with Crippen molar-refractivity contribution in [1.29, 1.82) is 0 Å². The third kappa shape index (κ3) is 3.02. The van der Waals surface area contributed by atoms with Gasteiger partial charge in [-0.05, 0) is 19.1 Å². The van der Waals surface area contributed by atoms with Gasteiger partial charge in [0.15, 0.2) is 11.8 Å². The molecule has 9 heteroatoms. The number of hydrogen-bond donors (Lipinski definition) is 2. The zero-order chi connectivity index (χ0) is 18.1. The number of anilines is 2. The number of rotatable bonds is 4. The van der Waals surface area contributed by atoms with Crippen LogP contribution in [-0.4, -0.2) is 32.0 Å². The van der Waals surface area contributed by atoms with Gasteiger partial charge in [0.05, 0.1) is 24.5 Å². The number of halogens is 1. The summed E-state index contributed by atoms with van der Waals surface area (Å²) in [6, 6.07) is 5.51. The summed E-state index contributed by atoms with van der Waals surface area (Å²) >= 11 is 6.19. The molecule has 3 N–H and O–H groups in total. The Kier molecular flexibility index (Phi) is 4.10. The van der Waals surface area contributed by atoms with Crippen molar-refractivity contribution in [3.63, 3.8) is 0 Å². The minimum Gasteiger partial charge on any atom is -0.448 e. The van der Waals surface area contributed by atoms with Gasteiger partial charge in [0, 0.05) is 11.8 Å². The Morgan fingerprint density at radius 2 is 2.12 bits per heavy atom. The molecular weight excluding hydrogens is 354 g/mol. The van der Waals surface area contributed by atoms with Crippen LogP contribution in [0.4, 0.5) is 11.5 Å². The van der Waals surface area contributed by atoms with E-state index in [9.17, 15) is 0 Å². The molecule has 0 fully saturated rings. The van der Waals surface area contributed by atoms with Gasteiger partial charge in [-0.3, -0.25) is 0 Å². The molecule has 26 heavy (non-hydrogen) atoms. The molecule has 0 radical (unpaired) electrons. The Morgan fingerprint density at radius 1 is 1.23 bits per heavy atom. The molecule has 0 atom stereocenters. The van der Waals surface area contributed by atoms with E-state index >= 15 is 0 Å². The number of methoxy groups -OCH3 is 1. The lowest BCUT2D eigenvalue weighted by Gasteiger charge is -2.11. The number of nitrogens with zero attached hydrogens (tertiary/aromatic N) is 4. The number of nitrogens with one attached hydrogen (secondary N) is 3. The van der Waals surface area contributed by atoms with Crippen LogP contribution in [-0.2, 0) is 0 Å². The fourth-order valence-corrected chi connectivity index (χ4v) is 2.77. The summed E-state index contributed by atoms with van der Waals surface area (Å²) in [6.45, 7) is 1.82. The lowest BCUT2D eigenvalue weighted by Crippen LogP contribution is -2.08. The molecule has 0 saturated heterocycles. The molecule has 0 aliphatic rings. The molecule has 0 bridgehead atoms. The Hall–Kier alpha value is -3.26. The second-order valence-electron chi connectivity index (χ2n) is 5.54. The SMILES string of the molecule is COc1ccc(Nc2ncc(Cl)cc2-c2nc(C)nc3nc[nH]c23)c[nH+]1. The Bertz CT molecular complexity index is 1080. The molecule has 0 spiro atoms. The van der Waals surface area contributed by atoms with Crippen molar-refractivity contribution in [2.75, 3.05) is 12.4 Å². The second-order valence-corrected chi connectivity index (χ2v) is 5.98. The minimum absolute atomic E-state index is 0.510. The summed E-state index contributed by atoms with van der Waals surface area (Å²) in [7, 11) is 1.60. The van der Waals surface area contributed by atoms with Crippen LogP contribution in [0.15, 0.2) is 36.9 Å². The maximum atomic E-state index is 6.19. The quantitative estimate of drug-likeness (QED) is 0.574. The molecule has 4 aromatic rings. The second kappa shape index (κ2) is 6.57. The highest BCUT2D eigenvalue weighted by Crippen LogP contribution is 2.32. The van der Waals surface area contributed by atoms with Crippen LogP contribution < -0.4 is 15.0 Å². The van der Waals surface area contributed by atoms with Crippen molar-refractivity contribution in [2.45, 2.75) is 6.92 Å². The fraction of sp³-hybridized carbons (Fsp3) is 0.118. The highest BCUT2D eigenvalue weighted by atomic mass is 35.5. The topological polar surface area (TPSA) is 103 Å². The molecule has 0 aromatic carbocycles. The lowest BCUT2D eigenvalue weighted by atomic mass is 10.1. The Balaban J connectivity index is 1.83. The van der Waals surface area contributed by atoms with E-state index in [1.807, 2.05) is 25.1 Å². The molecule has 4 heterocycles. The van der Waals surface area contributed by atoms with Crippen molar-refractivity contribution in [1.82, 2.24) is 24.9 Å². The van der Waals surface area contributed by atoms with E-state index in [1.54, 1.807) is 25.8 Å². The number of fused-ring (bicyclic) bond motifs is 1. The van der Waals surface area contributed by atoms with Crippen molar-refractivity contribution in [2.24, 2.45) is 0 Å². The summed E-state index contributed by atoms with van der Waals surface area (Å²) in [5.74, 6) is 1.88. The van der Waals surface area contributed by atoms with Crippen LogP contribution in [0.25, 0.3) is 22.4 Å². The first-order chi connectivity index (χ1) is 12.6. The van der Waals surface area contributed by atoms with Gasteiger partial charge in [-0.2, -0.15) is 4.98 Å². The van der Waals surface area contributed by atoms with Crippen LogP contribution in [0.1, 0.15) is 5.82 Å². The summed E-state index contributed by atoms with van der Waals surface area (Å²) < 4.78 is 5.14. The molecule has 0 aliphatic carbocycles. The van der Waals surface area contributed by atoms with Gasteiger partial charge in [0.2, 0.25) is 0 Å². The number of aryl methyl sites for hydroxylation is 1. The van der Waals surface area contributed by atoms with Gasteiger partial charge in [-0.15, -0.1) is 0 Å².